The van der Waals surface area contributed by atoms with Crippen molar-refractivity contribution in [2.24, 2.45) is 0 Å². The van der Waals surface area contributed by atoms with Gasteiger partial charge in [0.1, 0.15) is 11.5 Å². The van der Waals surface area contributed by atoms with Gasteiger partial charge in [0.2, 0.25) is 0 Å². The number of benzene rings is 1. The van der Waals surface area contributed by atoms with E-state index in [-0.39, 0.29) is 18.4 Å². The van der Waals surface area contributed by atoms with Gasteiger partial charge in [-0.15, -0.1) is 11.8 Å². The number of hydrogen-bond acceptors (Lipinski definition) is 6. The maximum absolute atomic E-state index is 11.7. The first-order valence-corrected chi connectivity index (χ1v) is 7.99. The summed E-state index contributed by atoms with van der Waals surface area (Å²) >= 11 is 1.48. The molecule has 0 bridgehead atoms. The van der Waals surface area contributed by atoms with Crippen molar-refractivity contribution in [3.05, 3.63) is 53.0 Å². The van der Waals surface area contributed by atoms with Crippen LogP contribution in [0.3, 0.4) is 0 Å². The summed E-state index contributed by atoms with van der Waals surface area (Å²) in [5.74, 6) is 1.33. The van der Waals surface area contributed by atoms with Crippen molar-refractivity contribution in [3.8, 4) is 0 Å². The van der Waals surface area contributed by atoms with Gasteiger partial charge in [0, 0.05) is 10.5 Å². The maximum Gasteiger partial charge on any atom is 0.338 e. The molecule has 0 atom stereocenters. The summed E-state index contributed by atoms with van der Waals surface area (Å²) in [7, 11) is 2.72. The number of thioether (sulfide) groups is 1. The smallest absolute Gasteiger partial charge is 0.338 e. The molecule has 0 spiro atoms. The van der Waals surface area contributed by atoms with Gasteiger partial charge in [-0.05, 0) is 25.1 Å². The van der Waals surface area contributed by atoms with Gasteiger partial charge in [0.25, 0.3) is 0 Å². The Bertz CT molecular complexity index is 705. The van der Waals surface area contributed by atoms with E-state index >= 15 is 0 Å². The van der Waals surface area contributed by atoms with Gasteiger partial charge in [0.15, 0.2) is 0 Å². The lowest BCUT2D eigenvalue weighted by atomic mass is 10.2. The molecule has 0 aliphatic rings. The van der Waals surface area contributed by atoms with Crippen LogP contribution in [0.15, 0.2) is 39.6 Å². The first-order valence-electron chi connectivity index (χ1n) is 7.00. The quantitative estimate of drug-likeness (QED) is 0.596. The van der Waals surface area contributed by atoms with E-state index in [1.54, 1.807) is 12.1 Å². The average Bonchev–Trinajstić information content (AvgIpc) is 2.92. The highest BCUT2D eigenvalue weighted by atomic mass is 32.2. The van der Waals surface area contributed by atoms with Gasteiger partial charge in [-0.25, -0.2) is 4.79 Å². The molecule has 0 N–H and O–H groups in total. The van der Waals surface area contributed by atoms with Gasteiger partial charge in [-0.3, -0.25) is 4.79 Å². The Kier molecular flexibility index (Phi) is 5.87. The van der Waals surface area contributed by atoms with Crippen LogP contribution < -0.4 is 0 Å². The molecule has 1 aromatic heterocycles. The number of ether oxygens (including phenoxy) is 2. The lowest BCUT2D eigenvalue weighted by Gasteiger charge is -2.06. The van der Waals surface area contributed by atoms with Crippen LogP contribution in [0.2, 0.25) is 0 Å². The van der Waals surface area contributed by atoms with Gasteiger partial charge >= 0.3 is 11.9 Å². The summed E-state index contributed by atoms with van der Waals surface area (Å²) in [6, 6.07) is 9.10. The highest BCUT2D eigenvalue weighted by Crippen LogP contribution is 2.28. The Hall–Kier alpha value is -2.21. The number of rotatable bonds is 6. The van der Waals surface area contributed by atoms with Crippen molar-refractivity contribution in [1.29, 1.82) is 0 Å². The zero-order chi connectivity index (χ0) is 16.8. The van der Waals surface area contributed by atoms with E-state index in [1.807, 2.05) is 25.1 Å². The third kappa shape index (κ3) is 4.39. The highest BCUT2D eigenvalue weighted by Gasteiger charge is 2.14. The van der Waals surface area contributed by atoms with E-state index in [2.05, 4.69) is 4.74 Å². The van der Waals surface area contributed by atoms with Crippen LogP contribution in [0.4, 0.5) is 0 Å². The first kappa shape index (κ1) is 17.1. The number of carbonyl (C=O) groups excluding carboxylic acids is 2. The molecule has 122 valence electrons. The van der Waals surface area contributed by atoms with E-state index in [0.717, 1.165) is 16.2 Å². The monoisotopic (exact) mass is 334 g/mol. The third-order valence-corrected chi connectivity index (χ3v) is 4.39. The molecule has 0 radical (unpaired) electrons. The third-order valence-electron chi connectivity index (χ3n) is 3.30. The summed E-state index contributed by atoms with van der Waals surface area (Å²) in [5.41, 5.74) is 1.34. The second-order valence-corrected chi connectivity index (χ2v) is 5.84. The number of aryl methyl sites for hydroxylation is 1. The van der Waals surface area contributed by atoms with Crippen LogP contribution in [0.5, 0.6) is 0 Å². The van der Waals surface area contributed by atoms with E-state index < -0.39 is 0 Å². The molecular formula is C17H18O5S. The standard InChI is InChI=1S/C17H18O5S/c1-11-12(9-16(18)20-2)8-13(22-11)10-23-15-7-5-4-6-14(15)17(19)21-3/h4-8H,9-10H2,1-3H3. The van der Waals surface area contributed by atoms with Crippen molar-refractivity contribution in [3.63, 3.8) is 0 Å². The minimum Gasteiger partial charge on any atom is -0.469 e. The second-order valence-electron chi connectivity index (χ2n) is 4.82. The molecule has 0 aliphatic carbocycles. The van der Waals surface area contributed by atoms with Crippen molar-refractivity contribution in [2.75, 3.05) is 14.2 Å². The van der Waals surface area contributed by atoms with E-state index in [9.17, 15) is 9.59 Å². The van der Waals surface area contributed by atoms with Gasteiger partial charge < -0.3 is 13.9 Å². The molecule has 0 amide bonds. The Morgan fingerprint density at radius 3 is 2.61 bits per heavy atom. The second kappa shape index (κ2) is 7.87. The summed E-state index contributed by atoms with van der Waals surface area (Å²) < 4.78 is 15.1. The summed E-state index contributed by atoms with van der Waals surface area (Å²) in [6.45, 7) is 1.81. The average molecular weight is 334 g/mol. The lowest BCUT2D eigenvalue weighted by Crippen LogP contribution is -2.04. The molecule has 0 saturated carbocycles. The molecule has 23 heavy (non-hydrogen) atoms. The fourth-order valence-electron chi connectivity index (χ4n) is 2.08. The molecule has 0 aliphatic heterocycles. The molecule has 5 nitrogen and oxygen atoms in total. The zero-order valence-electron chi connectivity index (χ0n) is 13.3. The van der Waals surface area contributed by atoms with E-state index in [0.29, 0.717) is 17.1 Å². The summed E-state index contributed by atoms with van der Waals surface area (Å²) in [6.07, 6.45) is 0.190. The molecule has 2 rings (SSSR count). The minimum atomic E-state index is -0.366. The Morgan fingerprint density at radius 2 is 1.91 bits per heavy atom. The molecule has 2 aromatic rings. The Morgan fingerprint density at radius 1 is 1.17 bits per heavy atom. The summed E-state index contributed by atoms with van der Waals surface area (Å²) in [5, 5.41) is 0. The predicted molar refractivity (Wildman–Crippen MR) is 86.5 cm³/mol. The molecule has 0 fully saturated rings. The number of furan rings is 1. The Labute approximate surface area is 139 Å². The number of esters is 2. The molecule has 0 saturated heterocycles. The maximum atomic E-state index is 11.7. The fraction of sp³-hybridized carbons (Fsp3) is 0.294. The van der Waals surface area contributed by atoms with E-state index in [1.165, 1.54) is 26.0 Å². The lowest BCUT2D eigenvalue weighted by molar-refractivity contribution is -0.139. The van der Waals surface area contributed by atoms with Crippen LogP contribution in [-0.4, -0.2) is 26.2 Å². The molecular weight excluding hydrogens is 316 g/mol. The van der Waals surface area contributed by atoms with Crippen LogP contribution in [-0.2, 0) is 26.4 Å². The molecule has 6 heteroatoms. The van der Waals surface area contributed by atoms with Crippen LogP contribution in [0.1, 0.15) is 27.4 Å². The molecule has 0 unspecified atom stereocenters. The van der Waals surface area contributed by atoms with Crippen LogP contribution in [0, 0.1) is 6.92 Å². The SMILES string of the molecule is COC(=O)Cc1cc(CSc2ccccc2C(=O)OC)oc1C. The van der Waals surface area contributed by atoms with E-state index in [4.69, 9.17) is 9.15 Å². The normalized spacial score (nSPS) is 10.4. The highest BCUT2D eigenvalue weighted by molar-refractivity contribution is 7.98. The Balaban J connectivity index is 2.09. The molecule has 1 aromatic carbocycles. The van der Waals surface area contributed by atoms with Gasteiger partial charge in [-0.2, -0.15) is 0 Å². The van der Waals surface area contributed by atoms with Gasteiger partial charge in [0.05, 0.1) is 32.0 Å². The number of methoxy groups -OCH3 is 2. The molecule has 1 heterocycles. The van der Waals surface area contributed by atoms with Crippen molar-refractivity contribution >= 4 is 23.7 Å². The van der Waals surface area contributed by atoms with Crippen LogP contribution >= 0.6 is 11.8 Å². The zero-order valence-corrected chi connectivity index (χ0v) is 14.1. The fourth-order valence-corrected chi connectivity index (χ4v) is 3.00. The predicted octanol–water partition coefficient (Wildman–Crippen LogP) is 3.38. The first-order chi connectivity index (χ1) is 11.0. The van der Waals surface area contributed by atoms with Gasteiger partial charge in [-0.1, -0.05) is 12.1 Å². The summed E-state index contributed by atoms with van der Waals surface area (Å²) in [4.78, 5) is 23.9. The number of hydrogen-bond donors (Lipinski definition) is 0. The van der Waals surface area contributed by atoms with Crippen molar-refractivity contribution < 1.29 is 23.5 Å². The topological polar surface area (TPSA) is 65.7 Å². The van der Waals surface area contributed by atoms with Crippen molar-refractivity contribution in [2.45, 2.75) is 24.0 Å². The largest absolute Gasteiger partial charge is 0.469 e. The number of carbonyl (C=O) groups is 2. The minimum absolute atomic E-state index is 0.190. The van der Waals surface area contributed by atoms with Crippen molar-refractivity contribution in [1.82, 2.24) is 0 Å². The van der Waals surface area contributed by atoms with Crippen LogP contribution in [0.25, 0.3) is 0 Å².